The average molecular weight is 261 g/mol. The molecule has 1 aliphatic carbocycles. The van der Waals surface area contributed by atoms with E-state index in [2.05, 4.69) is 15.9 Å². The van der Waals surface area contributed by atoms with Gasteiger partial charge in [-0.05, 0) is 46.1 Å². The van der Waals surface area contributed by atoms with E-state index in [1.165, 1.54) is 11.3 Å². The number of aliphatic carboxylic acids is 1. The average Bonchev–Trinajstić information content (AvgIpc) is 2.78. The molecular formula is C9H9BrO2S. The molecule has 1 atom stereocenters. The largest absolute Gasteiger partial charge is 0.481 e. The molecule has 0 radical (unpaired) electrons. The molecule has 1 saturated carbocycles. The Morgan fingerprint density at radius 3 is 2.77 bits per heavy atom. The standard InChI is InChI=1S/C9H9BrO2S/c10-6-3-4-13-8(6)7(9(11)12)5-1-2-5/h3-5,7H,1-2H2,(H,11,12). The molecule has 0 aromatic carbocycles. The maximum atomic E-state index is 11.0. The van der Waals surface area contributed by atoms with Gasteiger partial charge in [-0.25, -0.2) is 0 Å². The van der Waals surface area contributed by atoms with Gasteiger partial charge in [0.1, 0.15) is 0 Å². The van der Waals surface area contributed by atoms with Crippen molar-refractivity contribution in [2.75, 3.05) is 0 Å². The van der Waals surface area contributed by atoms with Gasteiger partial charge in [0.2, 0.25) is 0 Å². The zero-order valence-corrected chi connectivity index (χ0v) is 9.27. The monoisotopic (exact) mass is 260 g/mol. The van der Waals surface area contributed by atoms with Crippen LogP contribution in [0.5, 0.6) is 0 Å². The van der Waals surface area contributed by atoms with Crippen molar-refractivity contribution in [2.24, 2.45) is 5.92 Å². The number of rotatable bonds is 3. The van der Waals surface area contributed by atoms with Gasteiger partial charge >= 0.3 is 5.97 Å². The van der Waals surface area contributed by atoms with Gasteiger partial charge in [0.05, 0.1) is 5.92 Å². The summed E-state index contributed by atoms with van der Waals surface area (Å²) in [7, 11) is 0. The van der Waals surface area contributed by atoms with E-state index in [4.69, 9.17) is 5.11 Å². The summed E-state index contributed by atoms with van der Waals surface area (Å²) in [5, 5.41) is 11.0. The maximum Gasteiger partial charge on any atom is 0.312 e. The molecule has 0 aliphatic heterocycles. The topological polar surface area (TPSA) is 37.3 Å². The Kier molecular flexibility index (Phi) is 2.43. The lowest BCUT2D eigenvalue weighted by atomic mass is 10.0. The minimum atomic E-state index is -0.689. The van der Waals surface area contributed by atoms with Gasteiger partial charge in [0.15, 0.2) is 0 Å². The minimum Gasteiger partial charge on any atom is -0.481 e. The molecule has 1 aliphatic rings. The van der Waals surface area contributed by atoms with Gasteiger partial charge in [-0.3, -0.25) is 4.79 Å². The molecule has 1 aromatic rings. The van der Waals surface area contributed by atoms with Crippen LogP contribution in [0.4, 0.5) is 0 Å². The molecular weight excluding hydrogens is 252 g/mol. The summed E-state index contributed by atoms with van der Waals surface area (Å²) >= 11 is 4.90. The van der Waals surface area contributed by atoms with E-state index in [0.29, 0.717) is 5.92 Å². The van der Waals surface area contributed by atoms with Gasteiger partial charge in [-0.15, -0.1) is 11.3 Å². The highest BCUT2D eigenvalue weighted by atomic mass is 79.9. The molecule has 1 fully saturated rings. The second kappa shape index (κ2) is 3.42. The Balaban J connectivity index is 2.30. The number of carboxylic acids is 1. The summed E-state index contributed by atoms with van der Waals surface area (Å²) in [5.74, 6) is -0.604. The van der Waals surface area contributed by atoms with E-state index in [9.17, 15) is 4.79 Å². The smallest absolute Gasteiger partial charge is 0.312 e. The molecule has 2 rings (SSSR count). The Labute approximate surface area is 88.7 Å². The van der Waals surface area contributed by atoms with Crippen molar-refractivity contribution in [3.8, 4) is 0 Å². The quantitative estimate of drug-likeness (QED) is 0.907. The highest BCUT2D eigenvalue weighted by Crippen LogP contribution is 2.46. The fourth-order valence-electron chi connectivity index (χ4n) is 1.48. The van der Waals surface area contributed by atoms with Crippen LogP contribution in [0.2, 0.25) is 0 Å². The molecule has 1 heterocycles. The zero-order chi connectivity index (χ0) is 9.42. The van der Waals surface area contributed by atoms with Crippen LogP contribution in [0.15, 0.2) is 15.9 Å². The van der Waals surface area contributed by atoms with Crippen molar-refractivity contribution < 1.29 is 9.90 Å². The predicted molar refractivity (Wildman–Crippen MR) is 55.1 cm³/mol. The number of hydrogen-bond acceptors (Lipinski definition) is 2. The lowest BCUT2D eigenvalue weighted by Crippen LogP contribution is -2.12. The van der Waals surface area contributed by atoms with Crippen LogP contribution in [0, 0.1) is 5.92 Å². The summed E-state index contributed by atoms with van der Waals surface area (Å²) in [6, 6.07) is 1.92. The molecule has 1 unspecified atom stereocenters. The van der Waals surface area contributed by atoms with Crippen LogP contribution in [0.1, 0.15) is 23.6 Å². The molecule has 1 aromatic heterocycles. The van der Waals surface area contributed by atoms with Gasteiger partial charge < -0.3 is 5.11 Å². The Morgan fingerprint density at radius 1 is 1.69 bits per heavy atom. The second-order valence-corrected chi connectivity index (χ2v) is 5.09. The first-order valence-corrected chi connectivity index (χ1v) is 5.83. The first-order chi connectivity index (χ1) is 6.20. The third kappa shape index (κ3) is 1.79. The number of carbonyl (C=O) groups is 1. The molecule has 0 spiro atoms. The van der Waals surface area contributed by atoms with E-state index in [1.807, 2.05) is 11.4 Å². The Bertz CT molecular complexity index is 330. The molecule has 13 heavy (non-hydrogen) atoms. The molecule has 2 nitrogen and oxygen atoms in total. The van der Waals surface area contributed by atoms with Crippen LogP contribution in [-0.4, -0.2) is 11.1 Å². The summed E-state index contributed by atoms with van der Waals surface area (Å²) in [4.78, 5) is 12.0. The lowest BCUT2D eigenvalue weighted by molar-refractivity contribution is -0.139. The van der Waals surface area contributed by atoms with Crippen molar-refractivity contribution >= 4 is 33.2 Å². The van der Waals surface area contributed by atoms with Gasteiger partial charge in [0, 0.05) is 9.35 Å². The molecule has 0 amide bonds. The molecule has 0 bridgehead atoms. The SMILES string of the molecule is O=C(O)C(c1sccc1Br)C1CC1. The van der Waals surface area contributed by atoms with Gasteiger partial charge in [-0.2, -0.15) is 0 Å². The van der Waals surface area contributed by atoms with Crippen LogP contribution in [-0.2, 0) is 4.79 Å². The predicted octanol–water partition coefficient (Wildman–Crippen LogP) is 3.09. The third-order valence-electron chi connectivity index (χ3n) is 2.29. The number of hydrogen-bond donors (Lipinski definition) is 1. The molecule has 0 saturated heterocycles. The van der Waals surface area contributed by atoms with E-state index < -0.39 is 5.97 Å². The molecule has 70 valence electrons. The van der Waals surface area contributed by atoms with E-state index in [0.717, 1.165) is 22.2 Å². The fraction of sp³-hybridized carbons (Fsp3) is 0.444. The third-order valence-corrected chi connectivity index (χ3v) is 4.24. The summed E-state index contributed by atoms with van der Waals surface area (Å²) < 4.78 is 0.941. The van der Waals surface area contributed by atoms with Crippen LogP contribution in [0.25, 0.3) is 0 Å². The fourth-order valence-corrected chi connectivity index (χ4v) is 3.29. The zero-order valence-electron chi connectivity index (χ0n) is 6.87. The number of halogens is 1. The van der Waals surface area contributed by atoms with Crippen molar-refractivity contribution in [3.05, 3.63) is 20.8 Å². The van der Waals surface area contributed by atoms with Crippen molar-refractivity contribution in [1.29, 1.82) is 0 Å². The van der Waals surface area contributed by atoms with Crippen LogP contribution >= 0.6 is 27.3 Å². The summed E-state index contributed by atoms with van der Waals surface area (Å²) in [5.41, 5.74) is 0. The Hall–Kier alpha value is -0.350. The summed E-state index contributed by atoms with van der Waals surface area (Å²) in [6.07, 6.45) is 2.11. The molecule has 1 N–H and O–H groups in total. The molecule has 4 heteroatoms. The first-order valence-electron chi connectivity index (χ1n) is 4.16. The maximum absolute atomic E-state index is 11.0. The van der Waals surface area contributed by atoms with E-state index in [1.54, 1.807) is 0 Å². The first kappa shape index (κ1) is 9.21. The lowest BCUT2D eigenvalue weighted by Gasteiger charge is -2.08. The van der Waals surface area contributed by atoms with E-state index >= 15 is 0 Å². The van der Waals surface area contributed by atoms with Crippen LogP contribution < -0.4 is 0 Å². The van der Waals surface area contributed by atoms with Crippen molar-refractivity contribution in [1.82, 2.24) is 0 Å². The van der Waals surface area contributed by atoms with E-state index in [-0.39, 0.29) is 5.92 Å². The van der Waals surface area contributed by atoms with Crippen LogP contribution in [0.3, 0.4) is 0 Å². The van der Waals surface area contributed by atoms with Gasteiger partial charge in [0.25, 0.3) is 0 Å². The minimum absolute atomic E-state index is 0.283. The van der Waals surface area contributed by atoms with Gasteiger partial charge in [-0.1, -0.05) is 0 Å². The highest BCUT2D eigenvalue weighted by Gasteiger charge is 2.38. The summed E-state index contributed by atoms with van der Waals surface area (Å²) in [6.45, 7) is 0. The normalized spacial score (nSPS) is 18.5. The second-order valence-electron chi connectivity index (χ2n) is 3.29. The highest BCUT2D eigenvalue weighted by molar-refractivity contribution is 9.10. The van der Waals surface area contributed by atoms with Crippen molar-refractivity contribution in [3.63, 3.8) is 0 Å². The van der Waals surface area contributed by atoms with Crippen molar-refractivity contribution in [2.45, 2.75) is 18.8 Å². The Morgan fingerprint density at radius 2 is 2.38 bits per heavy atom. The number of carboxylic acid groups (broad SMARTS) is 1. The number of thiophene rings is 1.